The summed E-state index contributed by atoms with van der Waals surface area (Å²) >= 11 is 0. The number of aryl methyl sites for hydroxylation is 2. The van der Waals surface area contributed by atoms with Crippen molar-refractivity contribution >= 4 is 16.9 Å². The second kappa shape index (κ2) is 6.23. The summed E-state index contributed by atoms with van der Waals surface area (Å²) in [5, 5.41) is 8.15. The fourth-order valence-corrected chi connectivity index (χ4v) is 2.90. The third kappa shape index (κ3) is 3.22. The van der Waals surface area contributed by atoms with Crippen LogP contribution in [0.5, 0.6) is 0 Å². The lowest BCUT2D eigenvalue weighted by molar-refractivity contribution is 0.0954. The van der Waals surface area contributed by atoms with E-state index in [-0.39, 0.29) is 5.91 Å². The first-order valence-electron chi connectivity index (χ1n) is 8.50. The Morgan fingerprint density at radius 3 is 2.72 bits per heavy atom. The summed E-state index contributed by atoms with van der Waals surface area (Å²) in [6, 6.07) is 1.84. The number of nitrogens with one attached hydrogen (secondary N) is 1. The Morgan fingerprint density at radius 2 is 2.00 bits per heavy atom. The first-order chi connectivity index (χ1) is 12.1. The van der Waals surface area contributed by atoms with Crippen LogP contribution in [0.1, 0.15) is 46.2 Å². The van der Waals surface area contributed by atoms with Crippen molar-refractivity contribution in [2.75, 3.05) is 6.54 Å². The van der Waals surface area contributed by atoms with E-state index in [0.29, 0.717) is 24.4 Å². The topological polar surface area (TPSA) is 85.6 Å². The summed E-state index contributed by atoms with van der Waals surface area (Å²) in [7, 11) is 1.85. The molecule has 1 N–H and O–H groups in total. The lowest BCUT2D eigenvalue weighted by Gasteiger charge is -2.06. The Kier molecular flexibility index (Phi) is 3.91. The zero-order valence-corrected chi connectivity index (χ0v) is 14.4. The molecule has 1 aliphatic rings. The van der Waals surface area contributed by atoms with Crippen molar-refractivity contribution in [1.29, 1.82) is 0 Å². The van der Waals surface area contributed by atoms with E-state index < -0.39 is 0 Å². The average molecular weight is 336 g/mol. The number of rotatable bonds is 5. The number of carbonyl (C=O) groups is 1. The predicted octanol–water partition coefficient (Wildman–Crippen LogP) is 1.92. The summed E-state index contributed by atoms with van der Waals surface area (Å²) in [6.07, 6.45) is 8.41. The van der Waals surface area contributed by atoms with Gasteiger partial charge in [-0.25, -0.2) is 15.0 Å². The fourth-order valence-electron chi connectivity index (χ4n) is 2.90. The van der Waals surface area contributed by atoms with Gasteiger partial charge in [-0.05, 0) is 37.8 Å². The highest BCUT2D eigenvalue weighted by molar-refractivity contribution is 5.97. The van der Waals surface area contributed by atoms with Crippen LogP contribution in [0.25, 0.3) is 11.0 Å². The third-order valence-electron chi connectivity index (χ3n) is 4.49. The summed E-state index contributed by atoms with van der Waals surface area (Å²) < 4.78 is 1.72. The van der Waals surface area contributed by atoms with Gasteiger partial charge in [0.25, 0.3) is 5.91 Å². The smallest absolute Gasteiger partial charge is 0.252 e. The highest BCUT2D eigenvalue weighted by atomic mass is 16.1. The monoisotopic (exact) mass is 336 g/mol. The molecule has 1 saturated carbocycles. The van der Waals surface area contributed by atoms with Crippen LogP contribution >= 0.6 is 0 Å². The number of hydrogen-bond acceptors (Lipinski definition) is 5. The fraction of sp³-hybridized carbons (Fsp3) is 0.389. The molecule has 0 radical (unpaired) electrons. The molecule has 4 rings (SSSR count). The minimum atomic E-state index is -0.131. The van der Waals surface area contributed by atoms with Crippen molar-refractivity contribution in [3.8, 4) is 0 Å². The molecule has 3 aromatic rings. The molecule has 0 bridgehead atoms. The number of amides is 1. The van der Waals surface area contributed by atoms with Gasteiger partial charge in [0.05, 0.1) is 11.3 Å². The van der Waals surface area contributed by atoms with Crippen molar-refractivity contribution in [3.63, 3.8) is 0 Å². The normalized spacial score (nSPS) is 14.0. The number of hydrogen-bond donors (Lipinski definition) is 1. The SMILES string of the molecule is Cc1nn(C)c2ncc(C(=O)NCCc3cnc(C4CC4)nc3)cc12. The van der Waals surface area contributed by atoms with Crippen LogP contribution in [0.2, 0.25) is 0 Å². The maximum Gasteiger partial charge on any atom is 0.252 e. The van der Waals surface area contributed by atoms with E-state index >= 15 is 0 Å². The molecule has 128 valence electrons. The van der Waals surface area contributed by atoms with Crippen LogP contribution in [-0.2, 0) is 13.5 Å². The lowest BCUT2D eigenvalue weighted by Crippen LogP contribution is -2.25. The van der Waals surface area contributed by atoms with E-state index in [2.05, 4.69) is 25.4 Å². The molecule has 1 amide bonds. The van der Waals surface area contributed by atoms with Gasteiger partial charge in [0.1, 0.15) is 5.82 Å². The predicted molar refractivity (Wildman–Crippen MR) is 93.3 cm³/mol. The zero-order chi connectivity index (χ0) is 17.4. The molecule has 0 unspecified atom stereocenters. The van der Waals surface area contributed by atoms with Crippen LogP contribution < -0.4 is 5.32 Å². The maximum absolute atomic E-state index is 12.3. The Balaban J connectivity index is 1.37. The summed E-state index contributed by atoms with van der Waals surface area (Å²) in [6.45, 7) is 2.45. The van der Waals surface area contributed by atoms with Gasteiger partial charge >= 0.3 is 0 Å². The first-order valence-corrected chi connectivity index (χ1v) is 8.50. The Labute approximate surface area is 145 Å². The molecule has 0 atom stereocenters. The van der Waals surface area contributed by atoms with Crippen molar-refractivity contribution in [1.82, 2.24) is 30.0 Å². The maximum atomic E-state index is 12.3. The van der Waals surface area contributed by atoms with Crippen LogP contribution in [0, 0.1) is 6.92 Å². The molecular weight excluding hydrogens is 316 g/mol. The highest BCUT2D eigenvalue weighted by Gasteiger charge is 2.26. The van der Waals surface area contributed by atoms with Gasteiger partial charge in [0.2, 0.25) is 0 Å². The molecule has 0 spiro atoms. The average Bonchev–Trinajstić information content (AvgIpc) is 3.42. The lowest BCUT2D eigenvalue weighted by atomic mass is 10.2. The van der Waals surface area contributed by atoms with Gasteiger partial charge in [-0.1, -0.05) is 0 Å². The van der Waals surface area contributed by atoms with Crippen LogP contribution in [0.4, 0.5) is 0 Å². The molecule has 3 heterocycles. The largest absolute Gasteiger partial charge is 0.352 e. The van der Waals surface area contributed by atoms with E-state index in [1.807, 2.05) is 32.4 Å². The van der Waals surface area contributed by atoms with E-state index in [4.69, 9.17) is 0 Å². The van der Waals surface area contributed by atoms with Gasteiger partial charge < -0.3 is 5.32 Å². The van der Waals surface area contributed by atoms with Gasteiger partial charge in [0.15, 0.2) is 5.65 Å². The molecule has 7 heteroatoms. The van der Waals surface area contributed by atoms with E-state index in [0.717, 1.165) is 28.1 Å². The van der Waals surface area contributed by atoms with Gasteiger partial charge in [-0.3, -0.25) is 9.48 Å². The standard InChI is InChI=1S/C18H20N6O/c1-11-15-7-14(10-22-17(15)24(2)23-11)18(25)19-6-5-12-8-20-16(21-9-12)13-3-4-13/h7-10,13H,3-6H2,1-2H3,(H,19,25). The van der Waals surface area contributed by atoms with Crippen LogP contribution in [-0.4, -0.2) is 37.2 Å². The molecular formula is C18H20N6O. The van der Waals surface area contributed by atoms with E-state index in [1.165, 1.54) is 12.8 Å². The molecule has 1 fully saturated rings. The molecule has 0 aromatic carbocycles. The molecule has 3 aromatic heterocycles. The molecule has 1 aliphatic carbocycles. The van der Waals surface area contributed by atoms with Crippen LogP contribution in [0.15, 0.2) is 24.7 Å². The number of fused-ring (bicyclic) bond motifs is 1. The molecule has 7 nitrogen and oxygen atoms in total. The van der Waals surface area contributed by atoms with Crippen LogP contribution in [0.3, 0.4) is 0 Å². The molecule has 25 heavy (non-hydrogen) atoms. The van der Waals surface area contributed by atoms with E-state index in [1.54, 1.807) is 10.9 Å². The summed E-state index contributed by atoms with van der Waals surface area (Å²) in [5.41, 5.74) is 3.22. The highest BCUT2D eigenvalue weighted by Crippen LogP contribution is 2.37. The van der Waals surface area contributed by atoms with Gasteiger partial charge in [0, 0.05) is 43.5 Å². The van der Waals surface area contributed by atoms with Crippen molar-refractivity contribution in [3.05, 3.63) is 47.3 Å². The molecule has 0 saturated heterocycles. The Hall–Kier alpha value is -2.83. The Morgan fingerprint density at radius 1 is 1.24 bits per heavy atom. The van der Waals surface area contributed by atoms with Crippen molar-refractivity contribution in [2.45, 2.75) is 32.1 Å². The Bertz CT molecular complexity index is 927. The summed E-state index contributed by atoms with van der Waals surface area (Å²) in [4.78, 5) is 25.5. The third-order valence-corrected chi connectivity index (χ3v) is 4.49. The zero-order valence-electron chi connectivity index (χ0n) is 14.4. The van der Waals surface area contributed by atoms with Gasteiger partial charge in [-0.15, -0.1) is 0 Å². The van der Waals surface area contributed by atoms with Crippen molar-refractivity contribution < 1.29 is 4.79 Å². The minimum absolute atomic E-state index is 0.131. The second-order valence-electron chi connectivity index (χ2n) is 6.53. The summed E-state index contributed by atoms with van der Waals surface area (Å²) in [5.74, 6) is 1.37. The number of aromatic nitrogens is 5. The second-order valence-corrected chi connectivity index (χ2v) is 6.53. The van der Waals surface area contributed by atoms with Gasteiger partial charge in [-0.2, -0.15) is 5.10 Å². The molecule has 0 aliphatic heterocycles. The number of nitrogens with zero attached hydrogens (tertiary/aromatic N) is 5. The quantitative estimate of drug-likeness (QED) is 0.769. The number of pyridine rings is 1. The minimum Gasteiger partial charge on any atom is -0.352 e. The van der Waals surface area contributed by atoms with E-state index in [9.17, 15) is 4.79 Å². The van der Waals surface area contributed by atoms with Crippen molar-refractivity contribution in [2.24, 2.45) is 7.05 Å². The first kappa shape index (κ1) is 15.7. The number of carbonyl (C=O) groups excluding carboxylic acids is 1.